The Morgan fingerprint density at radius 2 is 2.16 bits per heavy atom. The molecule has 1 aromatic heterocycles. The minimum Gasteiger partial charge on any atom is -0.493 e. The Morgan fingerprint density at radius 1 is 1.36 bits per heavy atom. The van der Waals surface area contributed by atoms with Gasteiger partial charge in [0.2, 0.25) is 5.91 Å². The molecule has 0 aliphatic carbocycles. The normalized spacial score (nSPS) is 14.0. The van der Waals surface area contributed by atoms with Crippen molar-refractivity contribution in [1.82, 2.24) is 4.90 Å². The summed E-state index contributed by atoms with van der Waals surface area (Å²) in [5.41, 5.74) is 2.12. The summed E-state index contributed by atoms with van der Waals surface area (Å²) < 4.78 is 11.5. The maximum absolute atomic E-state index is 12.8. The zero-order valence-corrected chi connectivity index (χ0v) is 15.9. The van der Waals surface area contributed by atoms with E-state index in [1.807, 2.05) is 17.0 Å². The monoisotopic (exact) mass is 359 g/mol. The summed E-state index contributed by atoms with van der Waals surface area (Å²) in [6, 6.07) is 8.28. The molecular weight excluding hydrogens is 334 g/mol. The van der Waals surface area contributed by atoms with Crippen LogP contribution in [0.15, 0.2) is 29.6 Å². The average molecular weight is 359 g/mol. The fraction of sp³-hybridized carbons (Fsp3) is 0.450. The molecule has 2 aromatic rings. The first-order valence-electron chi connectivity index (χ1n) is 8.84. The van der Waals surface area contributed by atoms with Gasteiger partial charge in [-0.2, -0.15) is 0 Å². The maximum atomic E-state index is 12.8. The summed E-state index contributed by atoms with van der Waals surface area (Å²) in [7, 11) is 1.66. The molecule has 0 N–H and O–H groups in total. The third-order valence-electron chi connectivity index (χ3n) is 4.77. The molecule has 0 atom stereocenters. The number of thiophene rings is 1. The summed E-state index contributed by atoms with van der Waals surface area (Å²) in [5.74, 6) is 1.81. The largest absolute Gasteiger partial charge is 0.493 e. The van der Waals surface area contributed by atoms with Gasteiger partial charge >= 0.3 is 0 Å². The van der Waals surface area contributed by atoms with Gasteiger partial charge in [0, 0.05) is 22.9 Å². The number of carbonyl (C=O) groups is 1. The van der Waals surface area contributed by atoms with Crippen LogP contribution in [-0.4, -0.2) is 31.1 Å². The van der Waals surface area contributed by atoms with E-state index in [0.717, 1.165) is 35.5 Å². The van der Waals surface area contributed by atoms with Gasteiger partial charge in [0.15, 0.2) is 11.5 Å². The lowest BCUT2D eigenvalue weighted by Gasteiger charge is -2.24. The van der Waals surface area contributed by atoms with Crippen molar-refractivity contribution in [2.24, 2.45) is 5.92 Å². The highest BCUT2D eigenvalue weighted by atomic mass is 32.1. The van der Waals surface area contributed by atoms with E-state index in [1.165, 1.54) is 4.88 Å². The number of hydrogen-bond acceptors (Lipinski definition) is 4. The van der Waals surface area contributed by atoms with Crippen LogP contribution in [0.2, 0.25) is 0 Å². The van der Waals surface area contributed by atoms with E-state index in [0.29, 0.717) is 19.7 Å². The molecule has 4 nitrogen and oxygen atoms in total. The van der Waals surface area contributed by atoms with E-state index in [4.69, 9.17) is 9.47 Å². The number of carbonyl (C=O) groups excluding carboxylic acids is 1. The molecule has 3 rings (SSSR count). The smallest absolute Gasteiger partial charge is 0.226 e. The fourth-order valence-corrected chi connectivity index (χ4v) is 4.02. The van der Waals surface area contributed by atoms with Crippen LogP contribution in [-0.2, 0) is 11.3 Å². The van der Waals surface area contributed by atoms with Crippen molar-refractivity contribution >= 4 is 17.2 Å². The van der Waals surface area contributed by atoms with E-state index in [1.54, 1.807) is 18.4 Å². The second-order valence-electron chi connectivity index (χ2n) is 6.27. The van der Waals surface area contributed by atoms with Gasteiger partial charge in [-0.25, -0.2) is 0 Å². The van der Waals surface area contributed by atoms with E-state index in [9.17, 15) is 4.79 Å². The molecular formula is C20H25NO3S. The Labute approximate surface area is 153 Å². The molecule has 1 aromatic carbocycles. The molecule has 0 fully saturated rings. The van der Waals surface area contributed by atoms with Gasteiger partial charge in [-0.3, -0.25) is 4.79 Å². The Hall–Kier alpha value is -2.01. The first-order chi connectivity index (χ1) is 12.2. The maximum Gasteiger partial charge on any atom is 0.226 e. The highest BCUT2D eigenvalue weighted by Crippen LogP contribution is 2.39. The topological polar surface area (TPSA) is 38.8 Å². The Balaban J connectivity index is 1.96. The van der Waals surface area contributed by atoms with E-state index in [-0.39, 0.29) is 11.8 Å². The summed E-state index contributed by atoms with van der Waals surface area (Å²) in [6.45, 7) is 5.83. The van der Waals surface area contributed by atoms with Gasteiger partial charge in [-0.1, -0.05) is 19.9 Å². The van der Waals surface area contributed by atoms with Crippen molar-refractivity contribution in [3.8, 4) is 21.9 Å². The van der Waals surface area contributed by atoms with Gasteiger partial charge in [-0.05, 0) is 42.0 Å². The molecule has 5 heteroatoms. The second-order valence-corrected chi connectivity index (χ2v) is 7.21. The third-order valence-corrected chi connectivity index (χ3v) is 5.69. The summed E-state index contributed by atoms with van der Waals surface area (Å²) >= 11 is 1.69. The number of methoxy groups -OCH3 is 1. The predicted molar refractivity (Wildman–Crippen MR) is 101 cm³/mol. The lowest BCUT2D eigenvalue weighted by atomic mass is 10.0. The molecule has 0 spiro atoms. The van der Waals surface area contributed by atoms with Gasteiger partial charge in [0.1, 0.15) is 6.61 Å². The Morgan fingerprint density at radius 3 is 2.80 bits per heavy atom. The molecule has 0 saturated carbocycles. The first-order valence-corrected chi connectivity index (χ1v) is 9.72. The Kier molecular flexibility index (Phi) is 5.63. The molecule has 1 amide bonds. The van der Waals surface area contributed by atoms with Crippen molar-refractivity contribution in [3.63, 3.8) is 0 Å². The van der Waals surface area contributed by atoms with E-state index in [2.05, 4.69) is 31.4 Å². The number of ether oxygens (including phenoxy) is 2. The number of rotatable bonds is 5. The summed E-state index contributed by atoms with van der Waals surface area (Å²) in [5, 5.41) is 2.06. The SMILES string of the molecule is CCC(CC)C(=O)N1CCOc2c(cc(-c3cccs3)cc2OC)C1. The summed E-state index contributed by atoms with van der Waals surface area (Å²) in [6.07, 6.45) is 1.75. The van der Waals surface area contributed by atoms with E-state index < -0.39 is 0 Å². The van der Waals surface area contributed by atoms with Crippen molar-refractivity contribution in [3.05, 3.63) is 35.2 Å². The van der Waals surface area contributed by atoms with Crippen LogP contribution in [0.5, 0.6) is 11.5 Å². The Bertz CT molecular complexity index is 723. The van der Waals surface area contributed by atoms with Gasteiger partial charge in [0.05, 0.1) is 13.7 Å². The molecule has 0 saturated heterocycles. The zero-order chi connectivity index (χ0) is 17.8. The van der Waals surface area contributed by atoms with Crippen molar-refractivity contribution in [2.75, 3.05) is 20.3 Å². The van der Waals surface area contributed by atoms with Crippen LogP contribution in [0, 0.1) is 5.92 Å². The minimum absolute atomic E-state index is 0.0870. The fourth-order valence-electron chi connectivity index (χ4n) is 3.30. The van der Waals surface area contributed by atoms with Crippen molar-refractivity contribution < 1.29 is 14.3 Å². The predicted octanol–water partition coefficient (Wildman–Crippen LogP) is 4.58. The highest BCUT2D eigenvalue weighted by molar-refractivity contribution is 7.13. The average Bonchev–Trinajstić information content (AvgIpc) is 3.08. The van der Waals surface area contributed by atoms with Gasteiger partial charge in [-0.15, -0.1) is 11.3 Å². The van der Waals surface area contributed by atoms with Crippen LogP contribution < -0.4 is 9.47 Å². The number of nitrogens with zero attached hydrogens (tertiary/aromatic N) is 1. The van der Waals surface area contributed by atoms with Crippen LogP contribution in [0.3, 0.4) is 0 Å². The number of fused-ring (bicyclic) bond motifs is 1. The summed E-state index contributed by atoms with van der Waals surface area (Å²) in [4.78, 5) is 15.9. The first kappa shape index (κ1) is 17.8. The lowest BCUT2D eigenvalue weighted by molar-refractivity contribution is -0.136. The lowest BCUT2D eigenvalue weighted by Crippen LogP contribution is -2.36. The van der Waals surface area contributed by atoms with Crippen LogP contribution >= 0.6 is 11.3 Å². The molecule has 0 unspecified atom stereocenters. The van der Waals surface area contributed by atoms with Gasteiger partial charge in [0.25, 0.3) is 0 Å². The standard InChI is InChI=1S/C20H25NO3S/c1-4-14(5-2)20(22)21-8-9-24-19-16(13-21)11-15(12-17(19)23-3)18-7-6-10-25-18/h6-7,10-12,14H,4-5,8-9,13H2,1-3H3. The van der Waals surface area contributed by atoms with Crippen molar-refractivity contribution in [2.45, 2.75) is 33.2 Å². The highest BCUT2D eigenvalue weighted by Gasteiger charge is 2.26. The van der Waals surface area contributed by atoms with E-state index >= 15 is 0 Å². The number of benzene rings is 1. The van der Waals surface area contributed by atoms with Gasteiger partial charge < -0.3 is 14.4 Å². The van der Waals surface area contributed by atoms with Crippen LogP contribution in [0.25, 0.3) is 10.4 Å². The second kappa shape index (κ2) is 7.91. The molecule has 134 valence electrons. The number of amides is 1. The molecule has 25 heavy (non-hydrogen) atoms. The molecule has 2 heterocycles. The van der Waals surface area contributed by atoms with Crippen LogP contribution in [0.1, 0.15) is 32.3 Å². The van der Waals surface area contributed by atoms with Crippen molar-refractivity contribution in [1.29, 1.82) is 0 Å². The molecule has 0 radical (unpaired) electrons. The van der Waals surface area contributed by atoms with Crippen LogP contribution in [0.4, 0.5) is 0 Å². The molecule has 0 bridgehead atoms. The minimum atomic E-state index is 0.0870. The third kappa shape index (κ3) is 3.66. The molecule has 1 aliphatic heterocycles. The molecule has 1 aliphatic rings. The zero-order valence-electron chi connectivity index (χ0n) is 15.1. The quantitative estimate of drug-likeness (QED) is 0.784. The number of hydrogen-bond donors (Lipinski definition) is 0.